The molecule has 0 saturated heterocycles. The van der Waals surface area contributed by atoms with Crippen LogP contribution >= 0.6 is 11.3 Å². The molecule has 138 valence electrons. The lowest BCUT2D eigenvalue weighted by Crippen LogP contribution is -2.13. The molecule has 0 aliphatic heterocycles. The monoisotopic (exact) mass is 381 g/mol. The van der Waals surface area contributed by atoms with E-state index in [4.69, 9.17) is 4.74 Å². The summed E-state index contributed by atoms with van der Waals surface area (Å²) in [6.07, 6.45) is 0. The lowest BCUT2D eigenvalue weighted by Gasteiger charge is -2.06. The van der Waals surface area contributed by atoms with Gasteiger partial charge in [0.15, 0.2) is 0 Å². The highest BCUT2D eigenvalue weighted by atomic mass is 32.1. The second-order valence-electron chi connectivity index (χ2n) is 5.94. The van der Waals surface area contributed by atoms with Gasteiger partial charge in [-0.3, -0.25) is 9.59 Å². The molecular formula is C20H19N3O3S. The average Bonchev–Trinajstić information content (AvgIpc) is 3.10. The van der Waals surface area contributed by atoms with Crippen molar-refractivity contribution >= 4 is 34.5 Å². The molecule has 0 bridgehead atoms. The van der Waals surface area contributed by atoms with E-state index in [1.165, 1.54) is 18.3 Å². The fraction of sp³-hybridized carbons (Fsp3) is 0.150. The zero-order chi connectivity index (χ0) is 19.2. The van der Waals surface area contributed by atoms with Gasteiger partial charge in [0.25, 0.3) is 5.91 Å². The van der Waals surface area contributed by atoms with Crippen molar-refractivity contribution in [1.29, 1.82) is 0 Å². The lowest BCUT2D eigenvalue weighted by molar-refractivity contribution is -0.114. The van der Waals surface area contributed by atoms with E-state index >= 15 is 0 Å². The largest absolute Gasteiger partial charge is 0.486 e. The highest BCUT2D eigenvalue weighted by molar-refractivity contribution is 7.09. The van der Waals surface area contributed by atoms with Crippen LogP contribution in [-0.2, 0) is 11.4 Å². The molecule has 27 heavy (non-hydrogen) atoms. The van der Waals surface area contributed by atoms with Crippen LogP contribution in [-0.4, -0.2) is 16.8 Å². The summed E-state index contributed by atoms with van der Waals surface area (Å²) >= 11 is 1.37. The lowest BCUT2D eigenvalue weighted by atomic mass is 10.2. The van der Waals surface area contributed by atoms with E-state index in [1.54, 1.807) is 29.6 Å². The maximum Gasteiger partial charge on any atom is 0.275 e. The highest BCUT2D eigenvalue weighted by Gasteiger charge is 2.12. The van der Waals surface area contributed by atoms with Crippen LogP contribution in [0.15, 0.2) is 53.9 Å². The summed E-state index contributed by atoms with van der Waals surface area (Å²) in [7, 11) is 0. The third-order valence-electron chi connectivity index (χ3n) is 3.61. The van der Waals surface area contributed by atoms with Gasteiger partial charge >= 0.3 is 0 Å². The second-order valence-corrected chi connectivity index (χ2v) is 6.89. The Morgan fingerprint density at radius 2 is 1.78 bits per heavy atom. The van der Waals surface area contributed by atoms with Crippen molar-refractivity contribution in [3.63, 3.8) is 0 Å². The Morgan fingerprint density at radius 1 is 1.07 bits per heavy atom. The van der Waals surface area contributed by atoms with Crippen molar-refractivity contribution < 1.29 is 14.3 Å². The summed E-state index contributed by atoms with van der Waals surface area (Å²) in [5.74, 6) is 0.278. The van der Waals surface area contributed by atoms with Gasteiger partial charge in [0.1, 0.15) is 23.1 Å². The average molecular weight is 381 g/mol. The van der Waals surface area contributed by atoms with Crippen LogP contribution < -0.4 is 15.4 Å². The molecule has 0 radical (unpaired) electrons. The van der Waals surface area contributed by atoms with Crippen LogP contribution in [0.25, 0.3) is 0 Å². The van der Waals surface area contributed by atoms with Crippen molar-refractivity contribution in [2.24, 2.45) is 0 Å². The summed E-state index contributed by atoms with van der Waals surface area (Å²) in [5.41, 5.74) is 2.69. The van der Waals surface area contributed by atoms with E-state index < -0.39 is 0 Å². The number of nitrogens with one attached hydrogen (secondary N) is 2. The van der Waals surface area contributed by atoms with Crippen LogP contribution in [0, 0.1) is 6.92 Å². The first kappa shape index (κ1) is 18.6. The third kappa shape index (κ3) is 5.39. The minimum Gasteiger partial charge on any atom is -0.486 e. The number of benzene rings is 2. The van der Waals surface area contributed by atoms with Gasteiger partial charge in [0, 0.05) is 23.7 Å². The first-order valence-corrected chi connectivity index (χ1v) is 9.20. The standard InChI is InChI=1S/C20H19N3O3S/c1-13-6-8-17(9-7-13)26-11-19-23-18(12-27-19)20(25)22-16-5-3-4-15(10-16)21-14(2)24/h3-10,12H,11H2,1-2H3,(H,21,24)(H,22,25). The SMILES string of the molecule is CC(=O)Nc1cccc(NC(=O)c2csc(COc3ccc(C)cc3)n2)c1. The molecule has 0 aliphatic carbocycles. The number of hydrogen-bond acceptors (Lipinski definition) is 5. The molecule has 3 aromatic rings. The highest BCUT2D eigenvalue weighted by Crippen LogP contribution is 2.19. The summed E-state index contributed by atoms with van der Waals surface area (Å²) in [4.78, 5) is 27.8. The number of ether oxygens (including phenoxy) is 1. The predicted molar refractivity (Wildman–Crippen MR) is 106 cm³/mol. The van der Waals surface area contributed by atoms with Gasteiger partial charge in [-0.2, -0.15) is 0 Å². The summed E-state index contributed by atoms with van der Waals surface area (Å²) in [6.45, 7) is 3.75. The Morgan fingerprint density at radius 3 is 2.48 bits per heavy atom. The fourth-order valence-electron chi connectivity index (χ4n) is 2.33. The molecule has 0 spiro atoms. The van der Waals surface area contributed by atoms with Gasteiger partial charge < -0.3 is 15.4 Å². The van der Waals surface area contributed by atoms with Crippen LogP contribution in [0.5, 0.6) is 5.75 Å². The van der Waals surface area contributed by atoms with Gasteiger partial charge in [-0.1, -0.05) is 23.8 Å². The Labute approximate surface area is 161 Å². The van der Waals surface area contributed by atoms with Gasteiger partial charge in [-0.15, -0.1) is 11.3 Å². The molecule has 0 unspecified atom stereocenters. The Balaban J connectivity index is 1.59. The zero-order valence-corrected chi connectivity index (χ0v) is 15.8. The number of carbonyl (C=O) groups excluding carboxylic acids is 2. The van der Waals surface area contributed by atoms with Crippen LogP contribution in [0.1, 0.15) is 28.0 Å². The molecule has 0 atom stereocenters. The van der Waals surface area contributed by atoms with Gasteiger partial charge in [-0.05, 0) is 37.3 Å². The van der Waals surface area contributed by atoms with E-state index in [0.717, 1.165) is 11.3 Å². The maximum absolute atomic E-state index is 12.4. The van der Waals surface area contributed by atoms with Crippen molar-refractivity contribution in [3.8, 4) is 5.75 Å². The van der Waals surface area contributed by atoms with E-state index in [2.05, 4.69) is 15.6 Å². The topological polar surface area (TPSA) is 80.3 Å². The fourth-order valence-corrected chi connectivity index (χ4v) is 3.02. The van der Waals surface area contributed by atoms with Crippen molar-refractivity contribution in [1.82, 2.24) is 4.98 Å². The first-order chi connectivity index (χ1) is 13.0. The van der Waals surface area contributed by atoms with Crippen molar-refractivity contribution in [2.45, 2.75) is 20.5 Å². The molecule has 7 heteroatoms. The molecule has 3 rings (SSSR count). The molecular weight excluding hydrogens is 362 g/mol. The number of aromatic nitrogens is 1. The normalized spacial score (nSPS) is 10.3. The van der Waals surface area contributed by atoms with Gasteiger partial charge in [0.2, 0.25) is 5.91 Å². The molecule has 0 saturated carbocycles. The van der Waals surface area contributed by atoms with Crippen molar-refractivity contribution in [2.75, 3.05) is 10.6 Å². The molecule has 1 aromatic heterocycles. The third-order valence-corrected chi connectivity index (χ3v) is 4.43. The van der Waals surface area contributed by atoms with Crippen LogP contribution in [0.4, 0.5) is 11.4 Å². The van der Waals surface area contributed by atoms with E-state index in [9.17, 15) is 9.59 Å². The Bertz CT molecular complexity index is 951. The summed E-state index contributed by atoms with van der Waals surface area (Å²) in [5, 5.41) is 7.87. The Kier molecular flexibility index (Phi) is 5.83. The Hall–Kier alpha value is -3.19. The second kappa shape index (κ2) is 8.46. The number of carbonyl (C=O) groups is 2. The van der Waals surface area contributed by atoms with Crippen LogP contribution in [0.3, 0.4) is 0 Å². The number of hydrogen-bond donors (Lipinski definition) is 2. The van der Waals surface area contributed by atoms with Gasteiger partial charge in [0.05, 0.1) is 0 Å². The molecule has 0 fully saturated rings. The molecule has 2 aromatic carbocycles. The summed E-state index contributed by atoms with van der Waals surface area (Å²) < 4.78 is 5.69. The summed E-state index contributed by atoms with van der Waals surface area (Å²) in [6, 6.07) is 14.7. The molecule has 2 N–H and O–H groups in total. The quantitative estimate of drug-likeness (QED) is 0.669. The van der Waals surface area contributed by atoms with Crippen LogP contribution in [0.2, 0.25) is 0 Å². The minimum absolute atomic E-state index is 0.170. The first-order valence-electron chi connectivity index (χ1n) is 8.32. The zero-order valence-electron chi connectivity index (χ0n) is 15.0. The number of aryl methyl sites for hydroxylation is 1. The number of thiazole rings is 1. The number of anilines is 2. The number of rotatable bonds is 6. The molecule has 6 nitrogen and oxygen atoms in total. The van der Waals surface area contributed by atoms with E-state index in [0.29, 0.717) is 28.7 Å². The van der Waals surface area contributed by atoms with E-state index in [1.807, 2.05) is 31.2 Å². The predicted octanol–water partition coefficient (Wildman–Crippen LogP) is 4.24. The van der Waals surface area contributed by atoms with Crippen molar-refractivity contribution in [3.05, 3.63) is 70.2 Å². The smallest absolute Gasteiger partial charge is 0.275 e. The number of amides is 2. The van der Waals surface area contributed by atoms with Gasteiger partial charge in [-0.25, -0.2) is 4.98 Å². The van der Waals surface area contributed by atoms with E-state index in [-0.39, 0.29) is 11.8 Å². The molecule has 1 heterocycles. The molecule has 0 aliphatic rings. The molecule has 2 amide bonds. The minimum atomic E-state index is -0.312. The number of nitrogens with zero attached hydrogens (tertiary/aromatic N) is 1. The maximum atomic E-state index is 12.4.